The molecular weight excluding hydrogens is 390 g/mol. The number of anilines is 2. The number of nitrogens with one attached hydrogen (secondary N) is 1. The summed E-state index contributed by atoms with van der Waals surface area (Å²) in [5.74, 6) is -1.93. The summed E-state index contributed by atoms with van der Waals surface area (Å²) in [4.78, 5) is 16.9. The highest BCUT2D eigenvalue weighted by Crippen LogP contribution is 2.33. The molecule has 1 amide bonds. The van der Waals surface area contributed by atoms with Gasteiger partial charge in [0.05, 0.1) is 16.0 Å². The molecule has 5 nitrogen and oxygen atoms in total. The minimum atomic E-state index is -0.813. The number of nitrogen functional groups attached to an aromatic ring is 1. The highest BCUT2D eigenvalue weighted by atomic mass is 35.5. The van der Waals surface area contributed by atoms with Crippen LogP contribution in [0, 0.1) is 5.82 Å². The third kappa shape index (κ3) is 4.77. The van der Waals surface area contributed by atoms with Crippen LogP contribution in [-0.2, 0) is 4.79 Å². The van der Waals surface area contributed by atoms with Crippen molar-refractivity contribution in [3.63, 3.8) is 0 Å². The van der Waals surface area contributed by atoms with E-state index < -0.39 is 17.6 Å². The van der Waals surface area contributed by atoms with Crippen LogP contribution in [0.15, 0.2) is 35.3 Å². The lowest BCUT2D eigenvalue weighted by atomic mass is 9.94. The fraction of sp³-hybridized carbons (Fsp3) is 0.263. The molecular formula is C19H21Cl2FN4O. The summed E-state index contributed by atoms with van der Waals surface area (Å²) in [7, 11) is 1.66. The molecule has 5 N–H and O–H groups in total. The molecule has 0 saturated heterocycles. The van der Waals surface area contributed by atoms with Crippen molar-refractivity contribution in [1.29, 1.82) is 0 Å². The lowest BCUT2D eigenvalue weighted by Crippen LogP contribution is -2.24. The van der Waals surface area contributed by atoms with E-state index in [0.29, 0.717) is 16.9 Å². The smallest absolute Gasteiger partial charge is 0.232 e. The van der Waals surface area contributed by atoms with Crippen molar-refractivity contribution in [2.75, 3.05) is 24.6 Å². The van der Waals surface area contributed by atoms with E-state index in [2.05, 4.69) is 10.3 Å². The number of rotatable bonds is 6. The average Bonchev–Trinajstić information content (AvgIpc) is 2.65. The van der Waals surface area contributed by atoms with E-state index in [-0.39, 0.29) is 28.6 Å². The zero-order valence-electron chi connectivity index (χ0n) is 15.0. The number of carbonyl (C=O) groups excluding carboxylic acids is 1. The van der Waals surface area contributed by atoms with Gasteiger partial charge in [-0.25, -0.2) is 4.39 Å². The van der Waals surface area contributed by atoms with Crippen LogP contribution in [-0.4, -0.2) is 25.2 Å². The van der Waals surface area contributed by atoms with Crippen LogP contribution in [0.3, 0.4) is 0 Å². The Bertz CT molecular complexity index is 886. The van der Waals surface area contributed by atoms with Crippen LogP contribution in [0.25, 0.3) is 0 Å². The Hall–Kier alpha value is -2.15. The number of nitrogens with two attached hydrogens (primary N) is 2. The van der Waals surface area contributed by atoms with E-state index in [4.69, 9.17) is 34.7 Å². The molecule has 27 heavy (non-hydrogen) atoms. The maximum absolute atomic E-state index is 14.5. The topological polar surface area (TPSA) is 93.5 Å². The molecule has 0 fully saturated rings. The predicted molar refractivity (Wildman–Crippen MR) is 110 cm³/mol. The van der Waals surface area contributed by atoms with E-state index in [1.165, 1.54) is 12.1 Å². The Morgan fingerprint density at radius 2 is 2.00 bits per heavy atom. The van der Waals surface area contributed by atoms with E-state index in [9.17, 15) is 9.18 Å². The molecule has 0 radical (unpaired) electrons. The lowest BCUT2D eigenvalue weighted by Gasteiger charge is -2.18. The zero-order valence-corrected chi connectivity index (χ0v) is 16.5. The van der Waals surface area contributed by atoms with Crippen molar-refractivity contribution >= 4 is 46.2 Å². The Balaban J connectivity index is 2.35. The monoisotopic (exact) mass is 410 g/mol. The van der Waals surface area contributed by atoms with Crippen LogP contribution in [0.2, 0.25) is 10.0 Å². The van der Waals surface area contributed by atoms with Crippen LogP contribution in [0.1, 0.15) is 30.4 Å². The standard InChI is InChI=1S/C19H21Cl2FN4O/c1-10(25-2)14-9-11(3-6-16(14)24)26-19(27)13(7-8-23)12-4-5-15(20)17(21)18(12)22/h3-6,9,13H,7-8,23-24H2,1-2H3,(H,26,27)/b25-10-. The number of benzene rings is 2. The van der Waals surface area contributed by atoms with Crippen LogP contribution >= 0.6 is 23.2 Å². The Labute approximate surface area is 167 Å². The molecule has 2 aromatic carbocycles. The number of hydrogen-bond acceptors (Lipinski definition) is 4. The number of halogens is 3. The van der Waals surface area contributed by atoms with Crippen molar-refractivity contribution < 1.29 is 9.18 Å². The third-order valence-electron chi connectivity index (χ3n) is 4.26. The second-order valence-electron chi connectivity index (χ2n) is 5.99. The first-order chi connectivity index (χ1) is 12.8. The minimum Gasteiger partial charge on any atom is -0.398 e. The van der Waals surface area contributed by atoms with Crippen molar-refractivity contribution in [1.82, 2.24) is 0 Å². The van der Waals surface area contributed by atoms with E-state index in [0.717, 1.165) is 5.71 Å². The summed E-state index contributed by atoms with van der Waals surface area (Å²) in [5.41, 5.74) is 14.2. The summed E-state index contributed by atoms with van der Waals surface area (Å²) in [5, 5.41) is 2.66. The van der Waals surface area contributed by atoms with Gasteiger partial charge in [0.15, 0.2) is 0 Å². The average molecular weight is 411 g/mol. The molecule has 2 aromatic rings. The molecule has 0 bridgehead atoms. The highest BCUT2D eigenvalue weighted by Gasteiger charge is 2.25. The number of aliphatic imine (C=N–C) groups is 1. The van der Waals surface area contributed by atoms with Crippen molar-refractivity contribution in [2.24, 2.45) is 10.7 Å². The largest absolute Gasteiger partial charge is 0.398 e. The van der Waals surface area contributed by atoms with E-state index in [1.807, 2.05) is 6.92 Å². The van der Waals surface area contributed by atoms with Gasteiger partial charge in [0.2, 0.25) is 5.91 Å². The molecule has 2 rings (SSSR count). The molecule has 1 unspecified atom stereocenters. The van der Waals surface area contributed by atoms with Crippen LogP contribution in [0.4, 0.5) is 15.8 Å². The summed E-state index contributed by atoms with van der Waals surface area (Å²) in [6.45, 7) is 2.02. The summed E-state index contributed by atoms with van der Waals surface area (Å²) in [6, 6.07) is 7.98. The number of carbonyl (C=O) groups is 1. The normalized spacial score (nSPS) is 12.7. The zero-order chi connectivity index (χ0) is 20.1. The molecule has 0 heterocycles. The van der Waals surface area contributed by atoms with Gasteiger partial charge in [-0.15, -0.1) is 0 Å². The molecule has 8 heteroatoms. The fourth-order valence-corrected chi connectivity index (χ4v) is 3.02. The van der Waals surface area contributed by atoms with E-state index >= 15 is 0 Å². The molecule has 144 valence electrons. The molecule has 0 saturated carbocycles. The first kappa shape index (κ1) is 21.2. The summed E-state index contributed by atoms with van der Waals surface area (Å²) >= 11 is 11.7. The first-order valence-electron chi connectivity index (χ1n) is 8.27. The van der Waals surface area contributed by atoms with Gasteiger partial charge >= 0.3 is 0 Å². The number of amides is 1. The Kier molecular flexibility index (Phi) is 7.18. The summed E-state index contributed by atoms with van der Waals surface area (Å²) < 4.78 is 14.5. The first-order valence-corrected chi connectivity index (χ1v) is 9.03. The maximum Gasteiger partial charge on any atom is 0.232 e. The van der Waals surface area contributed by atoms with Gasteiger partial charge in [0, 0.05) is 35.3 Å². The van der Waals surface area contributed by atoms with Gasteiger partial charge in [-0.05, 0) is 44.2 Å². The molecule has 0 aliphatic rings. The molecule has 0 aliphatic carbocycles. The quantitative estimate of drug-likeness (QED) is 0.377. The molecule has 1 atom stereocenters. The lowest BCUT2D eigenvalue weighted by molar-refractivity contribution is -0.117. The number of nitrogens with zero attached hydrogens (tertiary/aromatic N) is 1. The minimum absolute atomic E-state index is 0.0855. The maximum atomic E-state index is 14.5. The second-order valence-corrected chi connectivity index (χ2v) is 6.78. The van der Waals surface area contributed by atoms with Gasteiger partial charge in [-0.2, -0.15) is 0 Å². The second kappa shape index (κ2) is 9.17. The predicted octanol–water partition coefficient (Wildman–Crippen LogP) is 4.22. The van der Waals surface area contributed by atoms with Gasteiger partial charge < -0.3 is 16.8 Å². The SMILES string of the molecule is C/N=C(/C)c1cc(NC(=O)C(CCN)c2ccc(Cl)c(Cl)c2F)ccc1N. The highest BCUT2D eigenvalue weighted by molar-refractivity contribution is 6.42. The third-order valence-corrected chi connectivity index (χ3v) is 5.04. The van der Waals surface area contributed by atoms with Gasteiger partial charge in [0.1, 0.15) is 5.82 Å². The van der Waals surface area contributed by atoms with Gasteiger partial charge in [-0.3, -0.25) is 9.79 Å². The molecule has 0 spiro atoms. The summed E-state index contributed by atoms with van der Waals surface area (Å²) in [6.07, 6.45) is 0.248. The van der Waals surface area contributed by atoms with Crippen molar-refractivity contribution in [3.8, 4) is 0 Å². The Morgan fingerprint density at radius 3 is 2.63 bits per heavy atom. The van der Waals surface area contributed by atoms with Crippen LogP contribution in [0.5, 0.6) is 0 Å². The molecule has 0 aliphatic heterocycles. The van der Waals surface area contributed by atoms with E-state index in [1.54, 1.807) is 25.2 Å². The molecule has 0 aromatic heterocycles. The van der Waals surface area contributed by atoms with Crippen molar-refractivity contribution in [3.05, 3.63) is 57.3 Å². The Morgan fingerprint density at radius 1 is 1.30 bits per heavy atom. The number of hydrogen-bond donors (Lipinski definition) is 3. The van der Waals surface area contributed by atoms with Crippen molar-refractivity contribution in [2.45, 2.75) is 19.3 Å². The van der Waals surface area contributed by atoms with Crippen LogP contribution < -0.4 is 16.8 Å². The van der Waals surface area contributed by atoms with Gasteiger partial charge in [-0.1, -0.05) is 29.3 Å². The van der Waals surface area contributed by atoms with Gasteiger partial charge in [0.25, 0.3) is 0 Å². The fourth-order valence-electron chi connectivity index (χ4n) is 2.70.